The number of oxazole rings is 1. The van der Waals surface area contributed by atoms with Gasteiger partial charge in [0.1, 0.15) is 23.6 Å². The number of likely N-dealkylation sites (N-methyl/N-ethyl adjacent to an activating group) is 1. The molecule has 10 nitrogen and oxygen atoms in total. The predicted molar refractivity (Wildman–Crippen MR) is 169 cm³/mol. The summed E-state index contributed by atoms with van der Waals surface area (Å²) in [6.07, 6.45) is 3.56. The first kappa shape index (κ1) is 33.5. The number of hydrogen-bond donors (Lipinski definition) is 1. The molecule has 3 atom stereocenters. The van der Waals surface area contributed by atoms with Crippen LogP contribution >= 0.6 is 0 Å². The van der Waals surface area contributed by atoms with Gasteiger partial charge in [0.25, 0.3) is 5.91 Å². The minimum absolute atomic E-state index is 0.0177. The van der Waals surface area contributed by atoms with Crippen molar-refractivity contribution in [2.24, 2.45) is 11.8 Å². The van der Waals surface area contributed by atoms with Crippen LogP contribution in [0.2, 0.25) is 0 Å². The number of rotatable bonds is 10. The monoisotopic (exact) mass is 609 g/mol. The fourth-order valence-corrected chi connectivity index (χ4v) is 6.09. The molecule has 2 aromatic rings. The van der Waals surface area contributed by atoms with Crippen LogP contribution in [0.25, 0.3) is 0 Å². The highest BCUT2D eigenvalue weighted by Crippen LogP contribution is 2.26. The number of hydrogen-bond acceptors (Lipinski definition) is 7. The number of carbonyl (C=O) groups is 3. The molecule has 4 rings (SSSR count). The van der Waals surface area contributed by atoms with Gasteiger partial charge in [0.05, 0.1) is 11.8 Å². The molecule has 1 N–H and O–H groups in total. The summed E-state index contributed by atoms with van der Waals surface area (Å²) in [4.78, 5) is 51.7. The fourth-order valence-electron chi connectivity index (χ4n) is 6.09. The summed E-state index contributed by atoms with van der Waals surface area (Å²) in [5, 5.41) is 2.99. The van der Waals surface area contributed by atoms with E-state index in [0.29, 0.717) is 55.6 Å². The number of ether oxygens (including phenoxy) is 1. The Morgan fingerprint density at radius 2 is 1.82 bits per heavy atom. The van der Waals surface area contributed by atoms with Crippen molar-refractivity contribution in [1.29, 1.82) is 0 Å². The Morgan fingerprint density at radius 1 is 1.09 bits per heavy atom. The lowest BCUT2D eigenvalue weighted by molar-refractivity contribution is -0.146. The molecule has 0 spiro atoms. The number of likely N-dealkylation sites (tertiary alicyclic amines) is 1. The van der Waals surface area contributed by atoms with Crippen molar-refractivity contribution < 1.29 is 23.5 Å². The molecule has 0 bridgehead atoms. The summed E-state index contributed by atoms with van der Waals surface area (Å²) < 4.78 is 11.8. The Balaban J connectivity index is 1.46. The number of amides is 3. The topological polar surface area (TPSA) is 108 Å². The summed E-state index contributed by atoms with van der Waals surface area (Å²) in [6, 6.07) is 5.98. The number of aromatic nitrogens is 1. The first-order chi connectivity index (χ1) is 20.8. The van der Waals surface area contributed by atoms with Gasteiger partial charge in [-0.2, -0.15) is 0 Å². The van der Waals surface area contributed by atoms with Gasteiger partial charge in [0, 0.05) is 37.6 Å². The van der Waals surface area contributed by atoms with E-state index in [-0.39, 0.29) is 35.8 Å². The highest BCUT2D eigenvalue weighted by Gasteiger charge is 2.41. The maximum Gasteiger partial charge on any atom is 0.255 e. The zero-order valence-corrected chi connectivity index (χ0v) is 27.8. The van der Waals surface area contributed by atoms with E-state index in [2.05, 4.69) is 36.1 Å². The van der Waals surface area contributed by atoms with Gasteiger partial charge in [-0.05, 0) is 50.3 Å². The van der Waals surface area contributed by atoms with Crippen LogP contribution in [0.5, 0.6) is 5.75 Å². The van der Waals surface area contributed by atoms with Gasteiger partial charge in [-0.15, -0.1) is 0 Å². The first-order valence-corrected chi connectivity index (χ1v) is 16.0. The van der Waals surface area contributed by atoms with E-state index >= 15 is 0 Å². The van der Waals surface area contributed by atoms with E-state index < -0.39 is 18.0 Å². The normalized spacial score (nSPS) is 20.3. The lowest BCUT2D eigenvalue weighted by atomic mass is 9.94. The highest BCUT2D eigenvalue weighted by atomic mass is 16.5. The van der Waals surface area contributed by atoms with Gasteiger partial charge >= 0.3 is 0 Å². The summed E-state index contributed by atoms with van der Waals surface area (Å²) in [7, 11) is 2.11. The number of nitrogens with one attached hydrogen (secondary N) is 1. The van der Waals surface area contributed by atoms with Gasteiger partial charge < -0.3 is 24.3 Å². The average molecular weight is 610 g/mol. The molecule has 242 valence electrons. The third kappa shape index (κ3) is 8.00. The Hall–Kier alpha value is -3.40. The summed E-state index contributed by atoms with van der Waals surface area (Å²) in [5.74, 6) is 1.54. The smallest absolute Gasteiger partial charge is 0.255 e. The summed E-state index contributed by atoms with van der Waals surface area (Å²) in [5.41, 5.74) is 0.143. The van der Waals surface area contributed by atoms with Crippen molar-refractivity contribution in [2.75, 3.05) is 33.2 Å². The van der Waals surface area contributed by atoms with Crippen LogP contribution in [0.4, 0.5) is 0 Å². The number of piperazine rings is 1. The van der Waals surface area contributed by atoms with Crippen LogP contribution in [-0.2, 0) is 21.6 Å². The molecule has 0 saturated carbocycles. The van der Waals surface area contributed by atoms with E-state index in [1.54, 1.807) is 35.4 Å². The molecule has 2 saturated heterocycles. The Morgan fingerprint density at radius 3 is 2.48 bits per heavy atom. The SMILES string of the molecule is CC(C)C[C@@H](NC(=O)c1ccccc1OCc1ncc(C(C)(C)C)o1)C(=O)N1CCC[C@@H]1C(=O)N1CCN(C)[C@@H](C(C)C)C1. The van der Waals surface area contributed by atoms with E-state index in [9.17, 15) is 14.4 Å². The summed E-state index contributed by atoms with van der Waals surface area (Å²) >= 11 is 0. The second kappa shape index (κ2) is 14.1. The van der Waals surface area contributed by atoms with E-state index in [0.717, 1.165) is 18.7 Å². The van der Waals surface area contributed by atoms with Gasteiger partial charge in [0.15, 0.2) is 6.61 Å². The van der Waals surface area contributed by atoms with Crippen molar-refractivity contribution in [3.05, 3.63) is 47.7 Å². The van der Waals surface area contributed by atoms with Crippen molar-refractivity contribution in [1.82, 2.24) is 25.0 Å². The molecule has 0 aliphatic carbocycles. The molecular formula is C34H51N5O5. The molecule has 44 heavy (non-hydrogen) atoms. The molecule has 3 heterocycles. The lowest BCUT2D eigenvalue weighted by Gasteiger charge is -2.43. The maximum absolute atomic E-state index is 14.0. The van der Waals surface area contributed by atoms with Crippen LogP contribution in [0.3, 0.4) is 0 Å². The number of carbonyl (C=O) groups excluding carboxylic acids is 3. The van der Waals surface area contributed by atoms with Crippen molar-refractivity contribution in [3.63, 3.8) is 0 Å². The highest BCUT2D eigenvalue weighted by molar-refractivity contribution is 6.00. The fraction of sp³-hybridized carbons (Fsp3) is 0.647. The minimum Gasteiger partial charge on any atom is -0.483 e. The third-order valence-corrected chi connectivity index (χ3v) is 8.68. The number of nitrogens with zero attached hydrogens (tertiary/aromatic N) is 4. The maximum atomic E-state index is 14.0. The molecule has 2 aliphatic rings. The second-order valence-corrected chi connectivity index (χ2v) is 14.1. The molecule has 0 radical (unpaired) electrons. The van der Waals surface area contributed by atoms with E-state index in [1.165, 1.54) is 0 Å². The molecule has 10 heteroatoms. The second-order valence-electron chi connectivity index (χ2n) is 14.1. The Kier molecular flexibility index (Phi) is 10.8. The third-order valence-electron chi connectivity index (χ3n) is 8.68. The largest absolute Gasteiger partial charge is 0.483 e. The molecule has 2 aliphatic heterocycles. The van der Waals surface area contributed by atoms with Crippen molar-refractivity contribution in [3.8, 4) is 5.75 Å². The average Bonchev–Trinajstić information content (AvgIpc) is 3.65. The van der Waals surface area contributed by atoms with Crippen molar-refractivity contribution in [2.45, 2.75) is 97.9 Å². The van der Waals surface area contributed by atoms with Gasteiger partial charge in [-0.1, -0.05) is 60.6 Å². The predicted octanol–water partition coefficient (Wildman–Crippen LogP) is 4.49. The van der Waals surface area contributed by atoms with Gasteiger partial charge in [0.2, 0.25) is 17.7 Å². The minimum atomic E-state index is -0.763. The summed E-state index contributed by atoms with van der Waals surface area (Å²) in [6.45, 7) is 17.2. The molecule has 1 aromatic heterocycles. The molecular weight excluding hydrogens is 558 g/mol. The van der Waals surface area contributed by atoms with Crippen LogP contribution in [0.15, 0.2) is 34.9 Å². The van der Waals surface area contributed by atoms with Crippen LogP contribution < -0.4 is 10.1 Å². The zero-order valence-electron chi connectivity index (χ0n) is 27.8. The number of para-hydroxylation sites is 1. The quantitative estimate of drug-likeness (QED) is 0.423. The lowest BCUT2D eigenvalue weighted by Crippen LogP contribution is -2.59. The zero-order chi connectivity index (χ0) is 32.2. The first-order valence-electron chi connectivity index (χ1n) is 16.0. The standard InChI is InChI=1S/C34H51N5O5/c1-22(2)18-25(32(41)39-15-11-13-26(39)33(42)38-17-16-37(8)27(20-38)23(3)4)36-31(40)24-12-9-10-14-28(24)43-21-30-35-19-29(44-30)34(5,6)7/h9-10,12,14,19,22-23,25-27H,11,13,15-18,20-21H2,1-8H3,(H,36,40)/t25-,26-,27-/m1/s1. The van der Waals surface area contributed by atoms with E-state index in [1.807, 2.05) is 39.5 Å². The molecule has 1 aromatic carbocycles. The number of benzene rings is 1. The van der Waals surface area contributed by atoms with Gasteiger partial charge in [-0.3, -0.25) is 19.3 Å². The van der Waals surface area contributed by atoms with Crippen LogP contribution in [0, 0.1) is 11.8 Å². The van der Waals surface area contributed by atoms with E-state index in [4.69, 9.17) is 9.15 Å². The molecule has 3 amide bonds. The molecule has 2 fully saturated rings. The van der Waals surface area contributed by atoms with Crippen molar-refractivity contribution >= 4 is 17.7 Å². The van der Waals surface area contributed by atoms with Crippen LogP contribution in [-0.4, -0.2) is 88.8 Å². The Labute approximate surface area is 262 Å². The van der Waals surface area contributed by atoms with Gasteiger partial charge in [-0.25, -0.2) is 4.98 Å². The Bertz CT molecular complexity index is 1300. The molecule has 0 unspecified atom stereocenters. The van der Waals surface area contributed by atoms with Crippen LogP contribution in [0.1, 0.15) is 89.7 Å².